The van der Waals surface area contributed by atoms with Crippen molar-refractivity contribution in [3.8, 4) is 11.5 Å². The van der Waals surface area contributed by atoms with E-state index >= 15 is 0 Å². The predicted molar refractivity (Wildman–Crippen MR) is 51.5 cm³/mol. The summed E-state index contributed by atoms with van der Waals surface area (Å²) in [5, 5.41) is 0. The van der Waals surface area contributed by atoms with E-state index < -0.39 is 0 Å². The molecule has 4 heteroatoms. The Bertz CT molecular complexity index is 235. The first-order chi connectivity index (χ1) is 6.88. The molecule has 0 aliphatic carbocycles. The fourth-order valence-electron chi connectivity index (χ4n) is 0.933. The number of hydrogen-bond donors (Lipinski definition) is 0. The molecule has 0 amide bonds. The summed E-state index contributed by atoms with van der Waals surface area (Å²) in [6.07, 6.45) is 0. The van der Waals surface area contributed by atoms with Gasteiger partial charge in [-0.1, -0.05) is 12.1 Å². The van der Waals surface area contributed by atoms with Gasteiger partial charge in [0.2, 0.25) is 0 Å². The molecule has 0 aliphatic heterocycles. The molecule has 1 rings (SSSR count). The van der Waals surface area contributed by atoms with Crippen molar-refractivity contribution in [1.82, 2.24) is 0 Å². The van der Waals surface area contributed by atoms with Crippen LogP contribution in [0.3, 0.4) is 0 Å². The summed E-state index contributed by atoms with van der Waals surface area (Å²) < 4.78 is 20.2. The van der Waals surface area contributed by atoms with Gasteiger partial charge < -0.3 is 18.9 Å². The quantitative estimate of drug-likeness (QED) is 0.651. The van der Waals surface area contributed by atoms with Crippen molar-refractivity contribution >= 4 is 0 Å². The number of ether oxygens (including phenoxy) is 4. The van der Waals surface area contributed by atoms with E-state index in [2.05, 4.69) is 0 Å². The Morgan fingerprint density at radius 3 is 1.64 bits per heavy atom. The molecule has 0 N–H and O–H groups in total. The van der Waals surface area contributed by atoms with Gasteiger partial charge in [-0.3, -0.25) is 0 Å². The van der Waals surface area contributed by atoms with E-state index in [0.717, 1.165) is 0 Å². The number of methoxy groups -OCH3 is 2. The van der Waals surface area contributed by atoms with Crippen LogP contribution in [0.1, 0.15) is 0 Å². The molecule has 0 fully saturated rings. The molecule has 0 bridgehead atoms. The first kappa shape index (κ1) is 10.8. The standard InChI is InChI=1S/C10H14O4/c1-11-7-13-9-5-3-4-6-10(9)14-8-12-2/h3-6H,7-8H2,1-2H3. The first-order valence-corrected chi connectivity index (χ1v) is 4.21. The molecule has 0 saturated carbocycles. The van der Waals surface area contributed by atoms with E-state index in [0.29, 0.717) is 11.5 Å². The molecule has 0 saturated heterocycles. The zero-order valence-electron chi connectivity index (χ0n) is 8.36. The van der Waals surface area contributed by atoms with E-state index in [9.17, 15) is 0 Å². The highest BCUT2D eigenvalue weighted by Gasteiger charge is 2.02. The summed E-state index contributed by atoms with van der Waals surface area (Å²) in [6.45, 7) is 0.403. The van der Waals surface area contributed by atoms with Gasteiger partial charge in [0.05, 0.1) is 0 Å². The van der Waals surface area contributed by atoms with Gasteiger partial charge in [-0.15, -0.1) is 0 Å². The molecule has 14 heavy (non-hydrogen) atoms. The summed E-state index contributed by atoms with van der Waals surface area (Å²) in [5.41, 5.74) is 0. The molecule has 4 nitrogen and oxygen atoms in total. The molecular weight excluding hydrogens is 184 g/mol. The van der Waals surface area contributed by atoms with Crippen molar-refractivity contribution in [3.63, 3.8) is 0 Å². The molecular formula is C10H14O4. The maximum absolute atomic E-state index is 5.28. The summed E-state index contributed by atoms with van der Waals surface area (Å²) in [5.74, 6) is 1.29. The highest BCUT2D eigenvalue weighted by Crippen LogP contribution is 2.26. The van der Waals surface area contributed by atoms with Gasteiger partial charge in [0.1, 0.15) is 0 Å². The van der Waals surface area contributed by atoms with Crippen molar-refractivity contribution < 1.29 is 18.9 Å². The van der Waals surface area contributed by atoms with Crippen molar-refractivity contribution in [3.05, 3.63) is 24.3 Å². The second-order valence-corrected chi connectivity index (χ2v) is 2.55. The molecule has 0 radical (unpaired) electrons. The Morgan fingerprint density at radius 1 is 0.857 bits per heavy atom. The number of rotatable bonds is 6. The zero-order valence-corrected chi connectivity index (χ0v) is 8.36. The lowest BCUT2D eigenvalue weighted by molar-refractivity contribution is 0.0323. The maximum Gasteiger partial charge on any atom is 0.188 e. The fraction of sp³-hybridized carbons (Fsp3) is 0.400. The van der Waals surface area contributed by atoms with Crippen LogP contribution >= 0.6 is 0 Å². The third kappa shape index (κ3) is 3.24. The molecule has 1 aromatic rings. The largest absolute Gasteiger partial charge is 0.464 e. The lowest BCUT2D eigenvalue weighted by Gasteiger charge is -2.10. The van der Waals surface area contributed by atoms with Crippen LogP contribution in [0.15, 0.2) is 24.3 Å². The average molecular weight is 198 g/mol. The topological polar surface area (TPSA) is 36.9 Å². The molecule has 78 valence electrons. The van der Waals surface area contributed by atoms with Crippen LogP contribution in [0, 0.1) is 0 Å². The summed E-state index contributed by atoms with van der Waals surface area (Å²) in [4.78, 5) is 0. The van der Waals surface area contributed by atoms with Crippen LogP contribution in [0.5, 0.6) is 11.5 Å². The normalized spacial score (nSPS) is 9.86. The minimum atomic E-state index is 0.202. The maximum atomic E-state index is 5.28. The van der Waals surface area contributed by atoms with Gasteiger partial charge in [0, 0.05) is 14.2 Å². The first-order valence-electron chi connectivity index (χ1n) is 4.21. The van der Waals surface area contributed by atoms with Gasteiger partial charge in [-0.2, -0.15) is 0 Å². The average Bonchev–Trinajstić information content (AvgIpc) is 2.24. The zero-order chi connectivity index (χ0) is 10.2. The molecule has 0 atom stereocenters. The van der Waals surface area contributed by atoms with Crippen molar-refractivity contribution in [1.29, 1.82) is 0 Å². The number of hydrogen-bond acceptors (Lipinski definition) is 4. The van der Waals surface area contributed by atoms with Crippen LogP contribution in [0.2, 0.25) is 0 Å². The van der Waals surface area contributed by atoms with Gasteiger partial charge >= 0.3 is 0 Å². The minimum Gasteiger partial charge on any atom is -0.464 e. The summed E-state index contributed by atoms with van der Waals surface area (Å²) in [7, 11) is 3.14. The summed E-state index contributed by atoms with van der Waals surface area (Å²) in [6, 6.07) is 7.35. The molecule has 0 aliphatic rings. The van der Waals surface area contributed by atoms with E-state index in [4.69, 9.17) is 18.9 Å². The van der Waals surface area contributed by atoms with Crippen LogP contribution < -0.4 is 9.47 Å². The predicted octanol–water partition coefficient (Wildman–Crippen LogP) is 1.65. The van der Waals surface area contributed by atoms with Crippen molar-refractivity contribution in [2.24, 2.45) is 0 Å². The molecule has 0 heterocycles. The third-order valence-electron chi connectivity index (χ3n) is 1.51. The molecule has 0 unspecified atom stereocenters. The van der Waals surface area contributed by atoms with Crippen LogP contribution in [-0.2, 0) is 9.47 Å². The van der Waals surface area contributed by atoms with Crippen molar-refractivity contribution in [2.45, 2.75) is 0 Å². The van der Waals surface area contributed by atoms with E-state index in [1.807, 2.05) is 24.3 Å². The van der Waals surface area contributed by atoms with E-state index in [1.54, 1.807) is 14.2 Å². The minimum absolute atomic E-state index is 0.202. The molecule has 0 spiro atoms. The second-order valence-electron chi connectivity index (χ2n) is 2.55. The Morgan fingerprint density at radius 2 is 1.29 bits per heavy atom. The van der Waals surface area contributed by atoms with Gasteiger partial charge in [-0.25, -0.2) is 0 Å². The monoisotopic (exact) mass is 198 g/mol. The van der Waals surface area contributed by atoms with Crippen LogP contribution in [0.25, 0.3) is 0 Å². The van der Waals surface area contributed by atoms with Crippen LogP contribution in [-0.4, -0.2) is 27.8 Å². The number of benzene rings is 1. The Hall–Kier alpha value is -1.26. The molecule has 1 aromatic carbocycles. The SMILES string of the molecule is COCOc1ccccc1OCOC. The highest BCUT2D eigenvalue weighted by molar-refractivity contribution is 5.39. The Kier molecular flexibility index (Phi) is 4.82. The van der Waals surface area contributed by atoms with Gasteiger partial charge in [0.25, 0.3) is 0 Å². The third-order valence-corrected chi connectivity index (χ3v) is 1.51. The highest BCUT2D eigenvalue weighted by atomic mass is 16.7. The lowest BCUT2D eigenvalue weighted by atomic mass is 10.3. The van der Waals surface area contributed by atoms with Gasteiger partial charge in [-0.05, 0) is 12.1 Å². The lowest BCUT2D eigenvalue weighted by Crippen LogP contribution is -2.03. The smallest absolute Gasteiger partial charge is 0.188 e. The van der Waals surface area contributed by atoms with Gasteiger partial charge in [0.15, 0.2) is 25.1 Å². The van der Waals surface area contributed by atoms with Crippen LogP contribution in [0.4, 0.5) is 0 Å². The van der Waals surface area contributed by atoms with Crippen molar-refractivity contribution in [2.75, 3.05) is 27.8 Å². The fourth-order valence-corrected chi connectivity index (χ4v) is 0.933. The van der Waals surface area contributed by atoms with E-state index in [1.165, 1.54) is 0 Å². The second kappa shape index (κ2) is 6.23. The number of para-hydroxylation sites is 2. The molecule has 0 aromatic heterocycles. The van der Waals surface area contributed by atoms with E-state index in [-0.39, 0.29) is 13.6 Å². The Balaban J connectivity index is 2.60. The Labute approximate surface area is 83.3 Å². The summed E-state index contributed by atoms with van der Waals surface area (Å²) >= 11 is 0.